The van der Waals surface area contributed by atoms with Gasteiger partial charge in [0.25, 0.3) is 0 Å². The number of rotatable bonds is 3. The summed E-state index contributed by atoms with van der Waals surface area (Å²) in [5, 5.41) is 0. The summed E-state index contributed by atoms with van der Waals surface area (Å²) < 4.78 is 5.82. The summed E-state index contributed by atoms with van der Waals surface area (Å²) in [6, 6.07) is 3.16. The molecule has 2 N–H and O–H groups in total. The monoisotopic (exact) mass is 271 g/mol. The van der Waals surface area contributed by atoms with Gasteiger partial charge in [-0.15, -0.1) is 0 Å². The van der Waals surface area contributed by atoms with Crippen LogP contribution in [-0.2, 0) is 0 Å². The Morgan fingerprint density at radius 3 is 2.60 bits per heavy atom. The lowest BCUT2D eigenvalue weighted by Gasteiger charge is -2.11. The molecule has 1 aromatic rings. The highest BCUT2D eigenvalue weighted by Gasteiger charge is 2.17. The van der Waals surface area contributed by atoms with Crippen LogP contribution in [0.5, 0.6) is 5.75 Å². The van der Waals surface area contributed by atoms with E-state index < -0.39 is 6.04 Å². The zero-order chi connectivity index (χ0) is 11.6. The summed E-state index contributed by atoms with van der Waals surface area (Å²) in [5.74, 6) is 0.558. The minimum Gasteiger partial charge on any atom is -0.496 e. The SMILES string of the molecule is COc1cc(C)cc(C(=O)C(C)N)c1Br. The van der Waals surface area contributed by atoms with E-state index in [1.807, 2.05) is 13.0 Å². The van der Waals surface area contributed by atoms with E-state index >= 15 is 0 Å². The summed E-state index contributed by atoms with van der Waals surface area (Å²) in [6.07, 6.45) is 0. The van der Waals surface area contributed by atoms with Crippen molar-refractivity contribution in [3.63, 3.8) is 0 Å². The van der Waals surface area contributed by atoms with Crippen molar-refractivity contribution in [2.45, 2.75) is 19.9 Å². The first-order chi connectivity index (χ1) is 6.97. The molecule has 1 atom stereocenters. The van der Waals surface area contributed by atoms with Gasteiger partial charge in [-0.25, -0.2) is 0 Å². The lowest BCUT2D eigenvalue weighted by atomic mass is 10.0. The van der Waals surface area contributed by atoms with Gasteiger partial charge in [0.05, 0.1) is 17.6 Å². The van der Waals surface area contributed by atoms with Crippen LogP contribution >= 0.6 is 15.9 Å². The fourth-order valence-corrected chi connectivity index (χ4v) is 1.89. The third-order valence-corrected chi connectivity index (χ3v) is 2.90. The molecule has 1 aromatic carbocycles. The van der Waals surface area contributed by atoms with Crippen molar-refractivity contribution in [1.29, 1.82) is 0 Å². The number of carbonyl (C=O) groups is 1. The summed E-state index contributed by atoms with van der Waals surface area (Å²) in [7, 11) is 1.57. The zero-order valence-electron chi connectivity index (χ0n) is 9.00. The average Bonchev–Trinajstić information content (AvgIpc) is 2.19. The third-order valence-electron chi connectivity index (χ3n) is 2.08. The van der Waals surface area contributed by atoms with Crippen LogP contribution < -0.4 is 10.5 Å². The van der Waals surface area contributed by atoms with Gasteiger partial charge < -0.3 is 10.5 Å². The van der Waals surface area contributed by atoms with Crippen LogP contribution in [0.4, 0.5) is 0 Å². The number of ether oxygens (including phenoxy) is 1. The van der Waals surface area contributed by atoms with Crippen molar-refractivity contribution < 1.29 is 9.53 Å². The molecule has 15 heavy (non-hydrogen) atoms. The Labute approximate surface area is 97.7 Å². The smallest absolute Gasteiger partial charge is 0.180 e. The third kappa shape index (κ3) is 2.58. The first kappa shape index (κ1) is 12.2. The summed E-state index contributed by atoms with van der Waals surface area (Å²) in [5.41, 5.74) is 7.11. The molecule has 3 nitrogen and oxygen atoms in total. The minimum absolute atomic E-state index is 0.0936. The highest BCUT2D eigenvalue weighted by Crippen LogP contribution is 2.30. The Morgan fingerprint density at radius 1 is 1.53 bits per heavy atom. The zero-order valence-corrected chi connectivity index (χ0v) is 10.6. The van der Waals surface area contributed by atoms with Crippen molar-refractivity contribution in [3.8, 4) is 5.75 Å². The molecule has 0 amide bonds. The van der Waals surface area contributed by atoms with Crippen molar-refractivity contribution >= 4 is 21.7 Å². The fraction of sp³-hybridized carbons (Fsp3) is 0.364. The van der Waals surface area contributed by atoms with E-state index in [2.05, 4.69) is 15.9 Å². The molecule has 0 saturated carbocycles. The van der Waals surface area contributed by atoms with Gasteiger partial charge in [-0.05, 0) is 47.5 Å². The molecule has 0 spiro atoms. The first-order valence-electron chi connectivity index (χ1n) is 4.61. The molecular weight excluding hydrogens is 258 g/mol. The van der Waals surface area contributed by atoms with E-state index in [-0.39, 0.29) is 5.78 Å². The molecule has 0 aliphatic rings. The van der Waals surface area contributed by atoms with Gasteiger partial charge in [0, 0.05) is 5.56 Å². The van der Waals surface area contributed by atoms with Crippen LogP contribution in [0.25, 0.3) is 0 Å². The first-order valence-corrected chi connectivity index (χ1v) is 5.40. The molecule has 1 rings (SSSR count). The Kier molecular flexibility index (Phi) is 3.88. The Morgan fingerprint density at radius 2 is 2.13 bits per heavy atom. The number of aryl methyl sites for hydroxylation is 1. The number of nitrogens with two attached hydrogens (primary N) is 1. The molecule has 82 valence electrons. The summed E-state index contributed by atoms with van der Waals surface area (Å²) >= 11 is 3.34. The van der Waals surface area contributed by atoms with Crippen LogP contribution in [0.2, 0.25) is 0 Å². The van der Waals surface area contributed by atoms with Crippen LogP contribution in [0.1, 0.15) is 22.8 Å². The van der Waals surface area contributed by atoms with Crippen LogP contribution in [-0.4, -0.2) is 18.9 Å². The van der Waals surface area contributed by atoms with Gasteiger partial charge in [-0.2, -0.15) is 0 Å². The second kappa shape index (κ2) is 4.77. The van der Waals surface area contributed by atoms with Gasteiger partial charge in [0.15, 0.2) is 5.78 Å². The quantitative estimate of drug-likeness (QED) is 0.859. The highest BCUT2D eigenvalue weighted by atomic mass is 79.9. The predicted molar refractivity (Wildman–Crippen MR) is 63.4 cm³/mol. The van der Waals surface area contributed by atoms with E-state index in [1.54, 1.807) is 20.1 Å². The molecule has 0 aromatic heterocycles. The number of Topliss-reactive ketones (excluding diaryl/α,β-unsaturated/α-hetero) is 1. The second-order valence-electron chi connectivity index (χ2n) is 3.48. The lowest BCUT2D eigenvalue weighted by molar-refractivity contribution is 0.0966. The standard InChI is InChI=1S/C11H14BrNO2/c1-6-4-8(11(14)7(2)13)10(12)9(5-6)15-3/h4-5,7H,13H2,1-3H3. The maximum absolute atomic E-state index is 11.8. The van der Waals surface area contributed by atoms with Gasteiger partial charge >= 0.3 is 0 Å². The molecule has 0 heterocycles. The average molecular weight is 272 g/mol. The molecule has 0 radical (unpaired) electrons. The van der Waals surface area contributed by atoms with Gasteiger partial charge in [0.1, 0.15) is 5.75 Å². The van der Waals surface area contributed by atoms with Crippen molar-refractivity contribution in [3.05, 3.63) is 27.7 Å². The van der Waals surface area contributed by atoms with Gasteiger partial charge in [0.2, 0.25) is 0 Å². The molecule has 0 saturated heterocycles. The van der Waals surface area contributed by atoms with Crippen molar-refractivity contribution in [2.24, 2.45) is 5.73 Å². The summed E-state index contributed by atoms with van der Waals surface area (Å²) in [4.78, 5) is 11.8. The number of ketones is 1. The lowest BCUT2D eigenvalue weighted by Crippen LogP contribution is -2.27. The maximum atomic E-state index is 11.8. The maximum Gasteiger partial charge on any atom is 0.180 e. The van der Waals surface area contributed by atoms with Crippen molar-refractivity contribution in [2.75, 3.05) is 7.11 Å². The van der Waals surface area contributed by atoms with E-state index in [0.29, 0.717) is 15.8 Å². The van der Waals surface area contributed by atoms with Crippen molar-refractivity contribution in [1.82, 2.24) is 0 Å². The number of hydrogen-bond acceptors (Lipinski definition) is 3. The van der Waals surface area contributed by atoms with E-state index in [1.165, 1.54) is 0 Å². The number of hydrogen-bond donors (Lipinski definition) is 1. The highest BCUT2D eigenvalue weighted by molar-refractivity contribution is 9.10. The molecule has 0 fully saturated rings. The minimum atomic E-state index is -0.507. The number of carbonyl (C=O) groups excluding carboxylic acids is 1. The Hall–Kier alpha value is -0.870. The largest absolute Gasteiger partial charge is 0.496 e. The van der Waals surface area contributed by atoms with Crippen LogP contribution in [0.15, 0.2) is 16.6 Å². The molecular formula is C11H14BrNO2. The van der Waals surface area contributed by atoms with Gasteiger partial charge in [-0.3, -0.25) is 4.79 Å². The molecule has 0 aliphatic carbocycles. The van der Waals surface area contributed by atoms with Crippen LogP contribution in [0, 0.1) is 6.92 Å². The fourth-order valence-electron chi connectivity index (χ4n) is 1.31. The van der Waals surface area contributed by atoms with Gasteiger partial charge in [-0.1, -0.05) is 0 Å². The molecule has 0 bridgehead atoms. The van der Waals surface area contributed by atoms with Crippen LogP contribution in [0.3, 0.4) is 0 Å². The number of benzene rings is 1. The van der Waals surface area contributed by atoms with E-state index in [4.69, 9.17) is 10.5 Å². The molecule has 0 aliphatic heterocycles. The number of halogens is 1. The normalized spacial score (nSPS) is 12.3. The Bertz CT molecular complexity index is 388. The van der Waals surface area contributed by atoms with E-state index in [0.717, 1.165) is 5.56 Å². The second-order valence-corrected chi connectivity index (χ2v) is 4.27. The Balaban J connectivity index is 3.29. The topological polar surface area (TPSA) is 52.3 Å². The molecule has 1 unspecified atom stereocenters. The number of methoxy groups -OCH3 is 1. The predicted octanol–water partition coefficient (Wildman–Crippen LogP) is 2.30. The van der Waals surface area contributed by atoms with E-state index in [9.17, 15) is 4.79 Å². The molecule has 4 heteroatoms. The summed E-state index contributed by atoms with van der Waals surface area (Å²) in [6.45, 7) is 3.58.